The Morgan fingerprint density at radius 2 is 1.81 bits per heavy atom. The van der Waals surface area contributed by atoms with Gasteiger partial charge in [-0.2, -0.15) is 4.98 Å². The van der Waals surface area contributed by atoms with Crippen LogP contribution >= 0.6 is 0 Å². The monoisotopic (exact) mass is 285 g/mol. The molecular formula is C17H23N3O. The first kappa shape index (κ1) is 15.2. The summed E-state index contributed by atoms with van der Waals surface area (Å²) in [5.74, 6) is 1.17. The highest BCUT2D eigenvalue weighted by molar-refractivity contribution is 5.63. The first-order valence-corrected chi connectivity index (χ1v) is 7.04. The van der Waals surface area contributed by atoms with Gasteiger partial charge in [-0.25, -0.2) is 0 Å². The standard InChI is InChI=1S/C17H23N3O/c1-11-6-8-14(12(2)10-11)19-15-9-7-13(18)16(20-15)21-17(3,4)5/h6-10H,18H2,1-5H3,(H,19,20). The Hall–Kier alpha value is -2.23. The zero-order valence-corrected chi connectivity index (χ0v) is 13.3. The van der Waals surface area contributed by atoms with Gasteiger partial charge in [-0.05, 0) is 58.4 Å². The fourth-order valence-corrected chi connectivity index (χ4v) is 1.98. The summed E-state index contributed by atoms with van der Waals surface area (Å²) in [4.78, 5) is 4.46. The Bertz CT molecular complexity index is 645. The van der Waals surface area contributed by atoms with Crippen LogP contribution in [0.2, 0.25) is 0 Å². The van der Waals surface area contributed by atoms with Crippen molar-refractivity contribution < 1.29 is 4.74 Å². The van der Waals surface area contributed by atoms with Gasteiger partial charge in [0.1, 0.15) is 11.4 Å². The van der Waals surface area contributed by atoms with E-state index >= 15 is 0 Å². The molecule has 3 N–H and O–H groups in total. The maximum Gasteiger partial charge on any atom is 0.239 e. The molecule has 0 radical (unpaired) electrons. The number of anilines is 3. The number of nitrogen functional groups attached to an aromatic ring is 1. The van der Waals surface area contributed by atoms with Gasteiger partial charge < -0.3 is 15.8 Å². The number of ether oxygens (including phenoxy) is 1. The highest BCUT2D eigenvalue weighted by atomic mass is 16.5. The predicted octanol–water partition coefficient (Wildman–Crippen LogP) is 4.20. The topological polar surface area (TPSA) is 60.2 Å². The third kappa shape index (κ3) is 4.12. The van der Waals surface area contributed by atoms with Crippen LogP contribution in [0.1, 0.15) is 31.9 Å². The number of aryl methyl sites for hydroxylation is 2. The number of nitrogens with one attached hydrogen (secondary N) is 1. The summed E-state index contributed by atoms with van der Waals surface area (Å²) < 4.78 is 5.78. The van der Waals surface area contributed by atoms with Crippen molar-refractivity contribution in [2.24, 2.45) is 0 Å². The number of nitrogens with zero attached hydrogens (tertiary/aromatic N) is 1. The highest BCUT2D eigenvalue weighted by Crippen LogP contribution is 2.27. The number of hydrogen-bond donors (Lipinski definition) is 2. The minimum absolute atomic E-state index is 0.334. The van der Waals surface area contributed by atoms with Crippen LogP contribution in [0.25, 0.3) is 0 Å². The lowest BCUT2D eigenvalue weighted by molar-refractivity contribution is 0.125. The Morgan fingerprint density at radius 1 is 1.10 bits per heavy atom. The molecule has 2 rings (SSSR count). The molecule has 4 nitrogen and oxygen atoms in total. The third-order valence-corrected chi connectivity index (χ3v) is 2.94. The quantitative estimate of drug-likeness (QED) is 0.887. The highest BCUT2D eigenvalue weighted by Gasteiger charge is 2.15. The summed E-state index contributed by atoms with van der Waals surface area (Å²) in [6, 6.07) is 9.91. The Balaban J connectivity index is 2.26. The van der Waals surface area contributed by atoms with Crippen molar-refractivity contribution in [1.29, 1.82) is 0 Å². The van der Waals surface area contributed by atoms with Crippen molar-refractivity contribution in [1.82, 2.24) is 4.98 Å². The lowest BCUT2D eigenvalue weighted by Gasteiger charge is -2.22. The summed E-state index contributed by atoms with van der Waals surface area (Å²) >= 11 is 0. The molecule has 0 bridgehead atoms. The lowest BCUT2D eigenvalue weighted by atomic mass is 10.1. The molecule has 0 amide bonds. The molecule has 0 aliphatic rings. The molecule has 2 aromatic rings. The van der Waals surface area contributed by atoms with E-state index in [0.717, 1.165) is 11.5 Å². The van der Waals surface area contributed by atoms with Gasteiger partial charge in [0.15, 0.2) is 0 Å². The Kier molecular flexibility index (Phi) is 4.07. The minimum Gasteiger partial charge on any atom is -0.470 e. The van der Waals surface area contributed by atoms with Gasteiger partial charge in [-0.3, -0.25) is 0 Å². The molecule has 0 saturated carbocycles. The van der Waals surface area contributed by atoms with Crippen molar-refractivity contribution >= 4 is 17.2 Å². The fourth-order valence-electron chi connectivity index (χ4n) is 1.98. The number of nitrogens with two attached hydrogens (primary N) is 1. The van der Waals surface area contributed by atoms with Gasteiger partial charge in [0.25, 0.3) is 0 Å². The SMILES string of the molecule is Cc1ccc(Nc2ccc(N)c(OC(C)(C)C)n2)c(C)c1. The molecular weight excluding hydrogens is 262 g/mol. The van der Waals surface area contributed by atoms with E-state index in [1.807, 2.05) is 32.9 Å². The average molecular weight is 285 g/mol. The number of benzene rings is 1. The second-order valence-corrected chi connectivity index (χ2v) is 6.25. The van der Waals surface area contributed by atoms with E-state index in [4.69, 9.17) is 10.5 Å². The number of rotatable bonds is 3. The van der Waals surface area contributed by atoms with E-state index in [2.05, 4.69) is 36.3 Å². The summed E-state index contributed by atoms with van der Waals surface area (Å²) in [6.07, 6.45) is 0. The summed E-state index contributed by atoms with van der Waals surface area (Å²) in [6.45, 7) is 10.1. The Labute approximate surface area is 126 Å². The van der Waals surface area contributed by atoms with Crippen LogP contribution in [0.3, 0.4) is 0 Å². The lowest BCUT2D eigenvalue weighted by Crippen LogP contribution is -2.24. The van der Waals surface area contributed by atoms with Crippen molar-refractivity contribution in [2.45, 2.75) is 40.2 Å². The van der Waals surface area contributed by atoms with Gasteiger partial charge in [0.05, 0.1) is 5.69 Å². The van der Waals surface area contributed by atoms with Crippen molar-refractivity contribution in [3.05, 3.63) is 41.5 Å². The molecule has 1 aromatic heterocycles. The second-order valence-electron chi connectivity index (χ2n) is 6.25. The minimum atomic E-state index is -0.334. The van der Waals surface area contributed by atoms with Crippen LogP contribution < -0.4 is 15.8 Å². The first-order chi connectivity index (χ1) is 9.74. The molecule has 0 aliphatic carbocycles. The normalized spacial score (nSPS) is 11.3. The van der Waals surface area contributed by atoms with Crippen molar-refractivity contribution in [3.8, 4) is 5.88 Å². The Morgan fingerprint density at radius 3 is 2.43 bits per heavy atom. The van der Waals surface area contributed by atoms with Gasteiger partial charge in [0.2, 0.25) is 5.88 Å². The molecule has 112 valence electrons. The third-order valence-electron chi connectivity index (χ3n) is 2.94. The van der Waals surface area contributed by atoms with E-state index in [-0.39, 0.29) is 5.60 Å². The van der Waals surface area contributed by atoms with Crippen molar-refractivity contribution in [2.75, 3.05) is 11.1 Å². The molecule has 0 aliphatic heterocycles. The summed E-state index contributed by atoms with van der Waals surface area (Å²) in [5.41, 5.74) is 9.57. The number of hydrogen-bond acceptors (Lipinski definition) is 4. The second kappa shape index (κ2) is 5.64. The van der Waals surface area contributed by atoms with Crippen LogP contribution in [-0.4, -0.2) is 10.6 Å². The van der Waals surface area contributed by atoms with Gasteiger partial charge in [0, 0.05) is 5.69 Å². The number of aromatic nitrogens is 1. The molecule has 0 spiro atoms. The maximum atomic E-state index is 5.92. The van der Waals surface area contributed by atoms with Crippen LogP contribution in [-0.2, 0) is 0 Å². The molecule has 0 atom stereocenters. The maximum absolute atomic E-state index is 5.92. The fraction of sp³-hybridized carbons (Fsp3) is 0.353. The predicted molar refractivity (Wildman–Crippen MR) is 88.2 cm³/mol. The van der Waals surface area contributed by atoms with Crippen LogP contribution in [0.4, 0.5) is 17.2 Å². The van der Waals surface area contributed by atoms with Crippen LogP contribution in [0.5, 0.6) is 5.88 Å². The summed E-state index contributed by atoms with van der Waals surface area (Å²) in [7, 11) is 0. The van der Waals surface area contributed by atoms with E-state index in [9.17, 15) is 0 Å². The van der Waals surface area contributed by atoms with Gasteiger partial charge >= 0.3 is 0 Å². The van der Waals surface area contributed by atoms with Crippen LogP contribution in [0.15, 0.2) is 30.3 Å². The van der Waals surface area contributed by atoms with E-state index in [1.165, 1.54) is 11.1 Å². The molecule has 1 heterocycles. The zero-order chi connectivity index (χ0) is 15.6. The zero-order valence-electron chi connectivity index (χ0n) is 13.3. The molecule has 0 fully saturated rings. The number of pyridine rings is 1. The van der Waals surface area contributed by atoms with Crippen LogP contribution in [0, 0.1) is 13.8 Å². The summed E-state index contributed by atoms with van der Waals surface area (Å²) in [5, 5.41) is 3.31. The molecule has 0 saturated heterocycles. The largest absolute Gasteiger partial charge is 0.470 e. The molecule has 4 heteroatoms. The van der Waals surface area contributed by atoms with E-state index in [1.54, 1.807) is 6.07 Å². The first-order valence-electron chi connectivity index (χ1n) is 7.04. The molecule has 1 aromatic carbocycles. The van der Waals surface area contributed by atoms with Crippen molar-refractivity contribution in [3.63, 3.8) is 0 Å². The molecule has 21 heavy (non-hydrogen) atoms. The van der Waals surface area contributed by atoms with Gasteiger partial charge in [-0.15, -0.1) is 0 Å². The smallest absolute Gasteiger partial charge is 0.239 e. The molecule has 0 unspecified atom stereocenters. The average Bonchev–Trinajstić information content (AvgIpc) is 2.35. The van der Waals surface area contributed by atoms with E-state index < -0.39 is 0 Å². The van der Waals surface area contributed by atoms with Gasteiger partial charge in [-0.1, -0.05) is 17.7 Å². The van der Waals surface area contributed by atoms with E-state index in [0.29, 0.717) is 11.6 Å².